The summed E-state index contributed by atoms with van der Waals surface area (Å²) in [4.78, 5) is 12.0. The van der Waals surface area contributed by atoms with Crippen LogP contribution in [0.4, 0.5) is 0 Å². The molecule has 1 aliphatic heterocycles. The summed E-state index contributed by atoms with van der Waals surface area (Å²) in [5.74, 6) is 0.822. The average molecular weight is 340 g/mol. The Morgan fingerprint density at radius 3 is 2.68 bits per heavy atom. The van der Waals surface area contributed by atoms with Gasteiger partial charge in [0.15, 0.2) is 17.3 Å². The van der Waals surface area contributed by atoms with Crippen molar-refractivity contribution in [2.45, 2.75) is 18.2 Å². The van der Waals surface area contributed by atoms with Crippen LogP contribution in [0.5, 0.6) is 11.5 Å². The number of carbonyl (C=O) groups excluding carboxylic acids is 1. The lowest BCUT2D eigenvalue weighted by Gasteiger charge is -2.07. The summed E-state index contributed by atoms with van der Waals surface area (Å²) in [6.45, 7) is 1.98. The highest BCUT2D eigenvalue weighted by atomic mass is 32.2. The van der Waals surface area contributed by atoms with Crippen LogP contribution in [0.2, 0.25) is 0 Å². The number of carbonyl (C=O) groups is 1. The van der Waals surface area contributed by atoms with Crippen LogP contribution in [-0.2, 0) is 16.5 Å². The number of Topliss-reactive ketones (excluding diaryl/α,β-unsaturated/α-hetero) is 1. The van der Waals surface area contributed by atoms with Crippen LogP contribution >= 0.6 is 11.3 Å². The summed E-state index contributed by atoms with van der Waals surface area (Å²) < 4.78 is 42.2. The largest absolute Gasteiger partial charge is 0.454 e. The van der Waals surface area contributed by atoms with E-state index in [9.17, 15) is 13.2 Å². The van der Waals surface area contributed by atoms with Crippen molar-refractivity contribution in [2.75, 3.05) is 6.79 Å². The van der Waals surface area contributed by atoms with Crippen LogP contribution in [0.25, 0.3) is 0 Å². The molecule has 6 nitrogen and oxygen atoms in total. The van der Waals surface area contributed by atoms with Gasteiger partial charge in [-0.05, 0) is 41.6 Å². The lowest BCUT2D eigenvalue weighted by atomic mass is 10.0. The fraction of sp³-hybridized carbons (Fsp3) is 0.214. The molecule has 1 aromatic heterocycles. The molecule has 0 saturated heterocycles. The van der Waals surface area contributed by atoms with E-state index in [4.69, 9.17) is 14.0 Å². The fourth-order valence-electron chi connectivity index (χ4n) is 2.23. The molecule has 8 heteroatoms. The van der Waals surface area contributed by atoms with Crippen LogP contribution in [0.15, 0.2) is 28.5 Å². The third-order valence-corrected chi connectivity index (χ3v) is 5.32. The van der Waals surface area contributed by atoms with Crippen LogP contribution in [0.3, 0.4) is 0 Å². The van der Waals surface area contributed by atoms with Gasteiger partial charge in [-0.15, -0.1) is 11.3 Å². The molecule has 1 N–H and O–H groups in total. The zero-order chi connectivity index (χ0) is 15.9. The first-order valence-electron chi connectivity index (χ1n) is 6.33. The Morgan fingerprint density at radius 2 is 2.00 bits per heavy atom. The molecule has 1 aromatic carbocycles. The predicted molar refractivity (Wildman–Crippen MR) is 79.5 cm³/mol. The summed E-state index contributed by atoms with van der Waals surface area (Å²) in [5, 5.41) is 1.46. The van der Waals surface area contributed by atoms with Gasteiger partial charge in [-0.2, -0.15) is 8.42 Å². The highest BCUT2D eigenvalue weighted by Gasteiger charge is 2.23. The Labute approximate surface area is 131 Å². The van der Waals surface area contributed by atoms with E-state index >= 15 is 0 Å². The van der Waals surface area contributed by atoms with E-state index < -0.39 is 10.1 Å². The second-order valence-corrected chi connectivity index (χ2v) is 7.13. The second kappa shape index (κ2) is 5.38. The standard InChI is InChI=1S/C14H12O6S2/c1-8-4-11-12(20-7-19-11)6-9(8)5-10(15)14-13(2-3-21-14)22(16,17)18/h2-4,6H,5,7H2,1H3,(H,16,17,18). The van der Waals surface area contributed by atoms with E-state index in [-0.39, 0.29) is 28.8 Å². The minimum atomic E-state index is -4.40. The number of fused-ring (bicyclic) bond motifs is 1. The molecule has 22 heavy (non-hydrogen) atoms. The van der Waals surface area contributed by atoms with Crippen molar-refractivity contribution in [1.29, 1.82) is 0 Å². The van der Waals surface area contributed by atoms with Gasteiger partial charge in [0.05, 0.1) is 4.88 Å². The molecule has 116 valence electrons. The van der Waals surface area contributed by atoms with Crippen molar-refractivity contribution in [3.63, 3.8) is 0 Å². The number of ether oxygens (including phenoxy) is 2. The maximum atomic E-state index is 12.4. The SMILES string of the molecule is Cc1cc2c(cc1CC(=O)c1sccc1S(=O)(=O)O)OCO2. The monoisotopic (exact) mass is 340 g/mol. The van der Waals surface area contributed by atoms with E-state index in [1.54, 1.807) is 12.1 Å². The van der Waals surface area contributed by atoms with Gasteiger partial charge in [0.1, 0.15) is 4.90 Å². The average Bonchev–Trinajstić information content (AvgIpc) is 3.05. The second-order valence-electron chi connectivity index (χ2n) is 4.82. The maximum Gasteiger partial charge on any atom is 0.296 e. The number of aryl methyl sites for hydroxylation is 1. The Kier molecular flexibility index (Phi) is 3.67. The van der Waals surface area contributed by atoms with Crippen LogP contribution in [-0.4, -0.2) is 25.5 Å². The molecular formula is C14H12O6S2. The normalized spacial score (nSPS) is 13.4. The predicted octanol–water partition coefficient (Wildman–Crippen LogP) is 2.46. The lowest BCUT2D eigenvalue weighted by molar-refractivity contribution is 0.0993. The van der Waals surface area contributed by atoms with Gasteiger partial charge in [0.2, 0.25) is 6.79 Å². The van der Waals surface area contributed by atoms with E-state index in [0.717, 1.165) is 22.5 Å². The summed E-state index contributed by atoms with van der Waals surface area (Å²) in [6, 6.07) is 4.72. The summed E-state index contributed by atoms with van der Waals surface area (Å²) >= 11 is 0.990. The molecule has 0 bridgehead atoms. The molecule has 2 heterocycles. The molecule has 1 aliphatic rings. The molecule has 2 aromatic rings. The first kappa shape index (κ1) is 15.0. The zero-order valence-electron chi connectivity index (χ0n) is 11.5. The third-order valence-electron chi connectivity index (χ3n) is 3.34. The number of hydrogen-bond donors (Lipinski definition) is 1. The van der Waals surface area contributed by atoms with Crippen molar-refractivity contribution in [3.8, 4) is 11.5 Å². The Balaban J connectivity index is 1.91. The molecule has 0 radical (unpaired) electrons. The van der Waals surface area contributed by atoms with Crippen molar-refractivity contribution in [3.05, 3.63) is 39.6 Å². The minimum absolute atomic E-state index is 0.0194. The summed E-state index contributed by atoms with van der Waals surface area (Å²) in [7, 11) is -4.40. The Hall–Kier alpha value is -1.90. The number of benzene rings is 1. The molecule has 0 unspecified atom stereocenters. The number of hydrogen-bond acceptors (Lipinski definition) is 6. The van der Waals surface area contributed by atoms with Crippen molar-refractivity contribution < 1.29 is 27.2 Å². The molecule has 0 atom stereocenters. The fourth-order valence-corrected chi connectivity index (χ4v) is 4.10. The quantitative estimate of drug-likeness (QED) is 0.679. The Morgan fingerprint density at radius 1 is 1.32 bits per heavy atom. The zero-order valence-corrected chi connectivity index (χ0v) is 13.2. The van der Waals surface area contributed by atoms with Gasteiger partial charge in [-0.25, -0.2) is 0 Å². The highest BCUT2D eigenvalue weighted by molar-refractivity contribution is 7.86. The van der Waals surface area contributed by atoms with E-state index in [2.05, 4.69) is 0 Å². The number of ketones is 1. The van der Waals surface area contributed by atoms with Gasteiger partial charge in [0, 0.05) is 6.42 Å². The van der Waals surface area contributed by atoms with Crippen LogP contribution in [0, 0.1) is 6.92 Å². The highest BCUT2D eigenvalue weighted by Crippen LogP contribution is 2.35. The number of thiophene rings is 1. The maximum absolute atomic E-state index is 12.4. The van der Waals surface area contributed by atoms with E-state index in [0.29, 0.717) is 11.5 Å². The van der Waals surface area contributed by atoms with Crippen molar-refractivity contribution in [1.82, 2.24) is 0 Å². The van der Waals surface area contributed by atoms with Gasteiger partial charge in [0.25, 0.3) is 10.1 Å². The molecule has 0 aliphatic carbocycles. The molecule has 0 amide bonds. The number of rotatable bonds is 4. The van der Waals surface area contributed by atoms with Crippen LogP contribution in [0.1, 0.15) is 20.8 Å². The Bertz CT molecular complexity index is 850. The van der Waals surface area contributed by atoms with E-state index in [1.807, 2.05) is 6.92 Å². The van der Waals surface area contributed by atoms with Gasteiger partial charge in [-0.3, -0.25) is 9.35 Å². The molecule has 0 fully saturated rings. The molecule has 3 rings (SSSR count). The van der Waals surface area contributed by atoms with Crippen LogP contribution < -0.4 is 9.47 Å². The summed E-state index contributed by atoms with van der Waals surface area (Å²) in [5.41, 5.74) is 1.58. The molecular weight excluding hydrogens is 328 g/mol. The smallest absolute Gasteiger partial charge is 0.296 e. The van der Waals surface area contributed by atoms with Crippen molar-refractivity contribution in [2.24, 2.45) is 0 Å². The molecule has 0 spiro atoms. The lowest BCUT2D eigenvalue weighted by Crippen LogP contribution is -2.08. The van der Waals surface area contributed by atoms with Gasteiger partial charge in [-0.1, -0.05) is 0 Å². The molecule has 0 saturated carbocycles. The minimum Gasteiger partial charge on any atom is -0.454 e. The van der Waals surface area contributed by atoms with Crippen molar-refractivity contribution >= 4 is 27.2 Å². The first-order chi connectivity index (χ1) is 10.4. The topological polar surface area (TPSA) is 89.9 Å². The van der Waals surface area contributed by atoms with E-state index in [1.165, 1.54) is 11.4 Å². The van der Waals surface area contributed by atoms with Gasteiger partial charge < -0.3 is 9.47 Å². The summed E-state index contributed by atoms with van der Waals surface area (Å²) in [6.07, 6.45) is 0.0194. The van der Waals surface area contributed by atoms with Gasteiger partial charge >= 0.3 is 0 Å². The third kappa shape index (κ3) is 2.72. The first-order valence-corrected chi connectivity index (χ1v) is 8.65.